The lowest BCUT2D eigenvalue weighted by Gasteiger charge is -2.42. The van der Waals surface area contributed by atoms with Crippen LogP contribution in [0.15, 0.2) is 0 Å². The Morgan fingerprint density at radius 1 is 1.50 bits per heavy atom. The zero-order valence-electron chi connectivity index (χ0n) is 10.1. The maximum Gasteiger partial charge on any atom is 0.149 e. The highest BCUT2D eigenvalue weighted by Gasteiger charge is 2.36. The summed E-state index contributed by atoms with van der Waals surface area (Å²) in [5.74, 6) is 0.674. The zero-order chi connectivity index (χ0) is 11.8. The number of carbonyl (C=O) groups excluding carboxylic acids is 1. The number of aliphatic hydroxyl groups is 1. The Kier molecular flexibility index (Phi) is 3.33. The van der Waals surface area contributed by atoms with Gasteiger partial charge < -0.3 is 9.84 Å². The molecule has 1 unspecified atom stereocenters. The number of hydrogen-bond acceptors (Lipinski definition) is 4. The lowest BCUT2D eigenvalue weighted by Crippen LogP contribution is -2.54. The minimum atomic E-state index is -0.268. The van der Waals surface area contributed by atoms with Crippen LogP contribution in [0.4, 0.5) is 0 Å². The Balaban J connectivity index is 1.90. The van der Waals surface area contributed by atoms with Crippen molar-refractivity contribution in [1.29, 1.82) is 0 Å². The lowest BCUT2D eigenvalue weighted by molar-refractivity contribution is -0.152. The average Bonchev–Trinajstić information content (AvgIpc) is 2.97. The normalized spacial score (nSPS) is 30.3. The summed E-state index contributed by atoms with van der Waals surface area (Å²) in [6.45, 7) is 5.98. The number of aliphatic hydroxyl groups excluding tert-OH is 1. The number of ketones is 1. The van der Waals surface area contributed by atoms with Crippen molar-refractivity contribution in [2.75, 3.05) is 26.2 Å². The molecule has 0 aromatic carbocycles. The SMILES string of the molecule is CC1(C)CN(CC(=O)C2CC2)CC(CO)O1. The highest BCUT2D eigenvalue weighted by molar-refractivity contribution is 5.85. The van der Waals surface area contributed by atoms with E-state index in [1.165, 1.54) is 0 Å². The van der Waals surface area contributed by atoms with Gasteiger partial charge in [-0.25, -0.2) is 0 Å². The Hall–Kier alpha value is -0.450. The second kappa shape index (κ2) is 4.43. The van der Waals surface area contributed by atoms with Gasteiger partial charge in [-0.3, -0.25) is 9.69 Å². The van der Waals surface area contributed by atoms with Crippen molar-refractivity contribution in [2.45, 2.75) is 38.4 Å². The van der Waals surface area contributed by atoms with Gasteiger partial charge in [-0.1, -0.05) is 0 Å². The van der Waals surface area contributed by atoms with Crippen molar-refractivity contribution >= 4 is 5.78 Å². The van der Waals surface area contributed by atoms with Crippen LogP contribution in [0.3, 0.4) is 0 Å². The van der Waals surface area contributed by atoms with E-state index in [0.29, 0.717) is 24.8 Å². The van der Waals surface area contributed by atoms with Gasteiger partial charge in [0, 0.05) is 19.0 Å². The number of Topliss-reactive ketones (excluding diaryl/α,β-unsaturated/α-hetero) is 1. The largest absolute Gasteiger partial charge is 0.394 e. The summed E-state index contributed by atoms with van der Waals surface area (Å²) in [5, 5.41) is 9.16. The molecule has 16 heavy (non-hydrogen) atoms. The first-order chi connectivity index (χ1) is 7.50. The number of rotatable bonds is 4. The van der Waals surface area contributed by atoms with Gasteiger partial charge >= 0.3 is 0 Å². The summed E-state index contributed by atoms with van der Waals surface area (Å²) in [6, 6.07) is 0. The number of ether oxygens (including phenoxy) is 1. The third kappa shape index (κ3) is 3.03. The number of hydrogen-bond donors (Lipinski definition) is 1. The second-order valence-corrected chi connectivity index (χ2v) is 5.59. The average molecular weight is 227 g/mol. The number of nitrogens with zero attached hydrogens (tertiary/aromatic N) is 1. The van der Waals surface area contributed by atoms with E-state index in [-0.39, 0.29) is 18.3 Å². The first-order valence-electron chi connectivity index (χ1n) is 6.04. The molecule has 2 rings (SSSR count). The zero-order valence-corrected chi connectivity index (χ0v) is 10.1. The molecule has 1 saturated carbocycles. The maximum atomic E-state index is 11.7. The number of morpholine rings is 1. The molecule has 1 N–H and O–H groups in total. The van der Waals surface area contributed by atoms with E-state index >= 15 is 0 Å². The molecule has 1 aliphatic carbocycles. The molecule has 0 amide bonds. The van der Waals surface area contributed by atoms with Gasteiger partial charge in [0.25, 0.3) is 0 Å². The van der Waals surface area contributed by atoms with Crippen LogP contribution in [0.1, 0.15) is 26.7 Å². The molecule has 1 atom stereocenters. The fraction of sp³-hybridized carbons (Fsp3) is 0.917. The summed E-state index contributed by atoms with van der Waals surface area (Å²) >= 11 is 0. The van der Waals surface area contributed by atoms with E-state index in [4.69, 9.17) is 9.84 Å². The lowest BCUT2D eigenvalue weighted by atomic mass is 10.0. The Bertz CT molecular complexity index is 273. The predicted molar refractivity (Wildman–Crippen MR) is 60.2 cm³/mol. The quantitative estimate of drug-likeness (QED) is 0.757. The standard InChI is InChI=1S/C12H21NO3/c1-12(2)8-13(5-10(7-14)16-12)6-11(15)9-3-4-9/h9-10,14H,3-8H2,1-2H3. The summed E-state index contributed by atoms with van der Waals surface area (Å²) in [7, 11) is 0. The van der Waals surface area contributed by atoms with Gasteiger partial charge in [-0.15, -0.1) is 0 Å². The Labute approximate surface area is 96.6 Å². The summed E-state index contributed by atoms with van der Waals surface area (Å²) in [4.78, 5) is 13.9. The minimum Gasteiger partial charge on any atom is -0.394 e. The molecule has 0 bridgehead atoms. The van der Waals surface area contributed by atoms with E-state index in [1.807, 2.05) is 13.8 Å². The molecular weight excluding hydrogens is 206 g/mol. The van der Waals surface area contributed by atoms with Crippen LogP contribution < -0.4 is 0 Å². The van der Waals surface area contributed by atoms with Crippen molar-refractivity contribution in [3.63, 3.8) is 0 Å². The van der Waals surface area contributed by atoms with Gasteiger partial charge in [0.2, 0.25) is 0 Å². The molecule has 1 saturated heterocycles. The van der Waals surface area contributed by atoms with E-state index < -0.39 is 0 Å². The van der Waals surface area contributed by atoms with Gasteiger partial charge in [-0.05, 0) is 26.7 Å². The van der Waals surface area contributed by atoms with Crippen LogP contribution in [0, 0.1) is 5.92 Å². The monoisotopic (exact) mass is 227 g/mol. The van der Waals surface area contributed by atoms with E-state index in [0.717, 1.165) is 19.4 Å². The van der Waals surface area contributed by atoms with Crippen LogP contribution in [-0.2, 0) is 9.53 Å². The maximum absolute atomic E-state index is 11.7. The molecule has 1 heterocycles. The smallest absolute Gasteiger partial charge is 0.149 e. The highest BCUT2D eigenvalue weighted by Crippen LogP contribution is 2.30. The van der Waals surface area contributed by atoms with Gasteiger partial charge in [0.15, 0.2) is 0 Å². The van der Waals surface area contributed by atoms with Crippen molar-refractivity contribution in [3.8, 4) is 0 Å². The molecule has 92 valence electrons. The third-order valence-electron chi connectivity index (χ3n) is 3.17. The molecule has 0 spiro atoms. The van der Waals surface area contributed by atoms with Gasteiger partial charge in [-0.2, -0.15) is 0 Å². The van der Waals surface area contributed by atoms with Crippen LogP contribution in [0.2, 0.25) is 0 Å². The first-order valence-corrected chi connectivity index (χ1v) is 6.04. The van der Waals surface area contributed by atoms with Gasteiger partial charge in [0.1, 0.15) is 5.78 Å². The van der Waals surface area contributed by atoms with Crippen LogP contribution >= 0.6 is 0 Å². The van der Waals surface area contributed by atoms with Crippen molar-refractivity contribution in [3.05, 3.63) is 0 Å². The molecule has 0 aromatic rings. The molecule has 4 heteroatoms. The van der Waals surface area contributed by atoms with Crippen molar-refractivity contribution in [2.24, 2.45) is 5.92 Å². The summed E-state index contributed by atoms with van der Waals surface area (Å²) in [6.07, 6.45) is 1.97. The van der Waals surface area contributed by atoms with Crippen molar-refractivity contribution in [1.82, 2.24) is 4.90 Å². The van der Waals surface area contributed by atoms with Crippen LogP contribution in [0.5, 0.6) is 0 Å². The van der Waals surface area contributed by atoms with Gasteiger partial charge in [0.05, 0.1) is 24.9 Å². The Morgan fingerprint density at radius 3 is 2.75 bits per heavy atom. The van der Waals surface area contributed by atoms with Crippen LogP contribution in [0.25, 0.3) is 0 Å². The van der Waals surface area contributed by atoms with E-state index in [2.05, 4.69) is 4.90 Å². The molecule has 1 aliphatic heterocycles. The summed E-state index contributed by atoms with van der Waals surface area (Å²) in [5.41, 5.74) is -0.268. The fourth-order valence-corrected chi connectivity index (χ4v) is 2.39. The molecular formula is C12H21NO3. The second-order valence-electron chi connectivity index (χ2n) is 5.59. The minimum absolute atomic E-state index is 0.0253. The third-order valence-corrected chi connectivity index (χ3v) is 3.17. The Morgan fingerprint density at radius 2 is 2.19 bits per heavy atom. The molecule has 4 nitrogen and oxygen atoms in total. The predicted octanol–water partition coefficient (Wildman–Crippen LogP) is 0.437. The number of carbonyl (C=O) groups is 1. The molecule has 0 aromatic heterocycles. The fourth-order valence-electron chi connectivity index (χ4n) is 2.39. The van der Waals surface area contributed by atoms with Crippen molar-refractivity contribution < 1.29 is 14.6 Å². The molecule has 0 radical (unpaired) electrons. The van der Waals surface area contributed by atoms with Crippen LogP contribution in [-0.4, -0.2) is 53.7 Å². The summed E-state index contributed by atoms with van der Waals surface area (Å²) < 4.78 is 5.71. The molecule has 2 fully saturated rings. The highest BCUT2D eigenvalue weighted by atomic mass is 16.5. The topological polar surface area (TPSA) is 49.8 Å². The van der Waals surface area contributed by atoms with E-state index in [9.17, 15) is 4.79 Å². The first kappa shape index (κ1) is 12.0. The van der Waals surface area contributed by atoms with E-state index in [1.54, 1.807) is 0 Å². The molecule has 2 aliphatic rings.